The SMILES string of the molecule is COc1ccc(C(=O)c2cscc2Br)cc1Br. The van der Waals surface area contributed by atoms with Gasteiger partial charge in [0.05, 0.1) is 11.6 Å². The van der Waals surface area contributed by atoms with Gasteiger partial charge in [-0.2, -0.15) is 11.3 Å². The van der Waals surface area contributed by atoms with Gasteiger partial charge in [0.15, 0.2) is 5.78 Å². The van der Waals surface area contributed by atoms with Gasteiger partial charge in [-0.25, -0.2) is 0 Å². The van der Waals surface area contributed by atoms with Crippen LogP contribution in [0.15, 0.2) is 37.9 Å². The molecule has 0 aliphatic heterocycles. The van der Waals surface area contributed by atoms with Crippen molar-refractivity contribution in [2.24, 2.45) is 0 Å². The van der Waals surface area contributed by atoms with E-state index in [9.17, 15) is 4.79 Å². The van der Waals surface area contributed by atoms with E-state index in [4.69, 9.17) is 4.74 Å². The molecule has 0 saturated carbocycles. The summed E-state index contributed by atoms with van der Waals surface area (Å²) >= 11 is 8.23. The van der Waals surface area contributed by atoms with Crippen LogP contribution in [-0.4, -0.2) is 12.9 Å². The van der Waals surface area contributed by atoms with Gasteiger partial charge in [-0.05, 0) is 50.1 Å². The number of ketones is 1. The van der Waals surface area contributed by atoms with Crippen molar-refractivity contribution in [2.45, 2.75) is 0 Å². The molecule has 0 atom stereocenters. The Labute approximate surface area is 120 Å². The van der Waals surface area contributed by atoms with Gasteiger partial charge in [-0.1, -0.05) is 0 Å². The molecule has 0 amide bonds. The predicted molar refractivity (Wildman–Crippen MR) is 76.1 cm³/mol. The summed E-state index contributed by atoms with van der Waals surface area (Å²) in [4.78, 5) is 12.2. The topological polar surface area (TPSA) is 26.3 Å². The molecule has 0 aliphatic rings. The molecule has 0 bridgehead atoms. The summed E-state index contributed by atoms with van der Waals surface area (Å²) in [5, 5.41) is 3.73. The van der Waals surface area contributed by atoms with Crippen molar-refractivity contribution in [3.8, 4) is 5.75 Å². The highest BCUT2D eigenvalue weighted by Crippen LogP contribution is 2.29. The third kappa shape index (κ3) is 2.61. The number of halogens is 2. The summed E-state index contributed by atoms with van der Waals surface area (Å²) in [7, 11) is 1.59. The summed E-state index contributed by atoms with van der Waals surface area (Å²) in [5.41, 5.74) is 1.32. The lowest BCUT2D eigenvalue weighted by molar-refractivity contribution is 0.103. The summed E-state index contributed by atoms with van der Waals surface area (Å²) in [5.74, 6) is 0.715. The number of benzene rings is 1. The Bertz CT molecular complexity index is 563. The third-order valence-corrected chi connectivity index (χ3v) is 4.60. The van der Waals surface area contributed by atoms with Crippen molar-refractivity contribution in [1.82, 2.24) is 0 Å². The molecule has 17 heavy (non-hydrogen) atoms. The molecule has 2 rings (SSSR count). The second-order valence-electron chi connectivity index (χ2n) is 3.31. The molecule has 0 aliphatic carbocycles. The minimum Gasteiger partial charge on any atom is -0.496 e. The van der Waals surface area contributed by atoms with Crippen LogP contribution in [0.1, 0.15) is 15.9 Å². The normalized spacial score (nSPS) is 10.3. The number of rotatable bonds is 3. The zero-order valence-electron chi connectivity index (χ0n) is 8.87. The van der Waals surface area contributed by atoms with Crippen LogP contribution >= 0.6 is 43.2 Å². The predicted octanol–water partition coefficient (Wildman–Crippen LogP) is 4.51. The molecule has 0 spiro atoms. The molecule has 0 radical (unpaired) electrons. The first-order valence-corrected chi connectivity index (χ1v) is 7.26. The first kappa shape index (κ1) is 12.8. The monoisotopic (exact) mass is 374 g/mol. The molecule has 1 aromatic heterocycles. The van der Waals surface area contributed by atoms with Crippen LogP contribution in [0.25, 0.3) is 0 Å². The number of carbonyl (C=O) groups excluding carboxylic acids is 1. The van der Waals surface area contributed by atoms with Gasteiger partial charge < -0.3 is 4.74 Å². The Morgan fingerprint density at radius 1 is 1.24 bits per heavy atom. The highest BCUT2D eigenvalue weighted by molar-refractivity contribution is 9.11. The lowest BCUT2D eigenvalue weighted by Crippen LogP contribution is -2.00. The Kier molecular flexibility index (Phi) is 4.01. The van der Waals surface area contributed by atoms with Gasteiger partial charge in [0, 0.05) is 26.4 Å². The molecule has 88 valence electrons. The van der Waals surface area contributed by atoms with E-state index in [0.717, 1.165) is 8.95 Å². The van der Waals surface area contributed by atoms with E-state index < -0.39 is 0 Å². The van der Waals surface area contributed by atoms with E-state index in [-0.39, 0.29) is 5.78 Å². The van der Waals surface area contributed by atoms with Gasteiger partial charge in [-0.3, -0.25) is 4.79 Å². The van der Waals surface area contributed by atoms with Gasteiger partial charge in [-0.15, -0.1) is 0 Å². The lowest BCUT2D eigenvalue weighted by Gasteiger charge is -2.05. The van der Waals surface area contributed by atoms with Crippen molar-refractivity contribution < 1.29 is 9.53 Å². The van der Waals surface area contributed by atoms with Crippen LogP contribution in [-0.2, 0) is 0 Å². The van der Waals surface area contributed by atoms with Crippen molar-refractivity contribution in [1.29, 1.82) is 0 Å². The molecule has 2 aromatic rings. The fourth-order valence-corrected chi connectivity index (χ4v) is 3.40. The number of methoxy groups -OCH3 is 1. The molecule has 2 nitrogen and oxygen atoms in total. The molecule has 1 heterocycles. The second-order valence-corrected chi connectivity index (χ2v) is 5.76. The van der Waals surface area contributed by atoms with Crippen LogP contribution in [0.2, 0.25) is 0 Å². The number of carbonyl (C=O) groups is 1. The average molecular weight is 376 g/mol. The Morgan fingerprint density at radius 3 is 2.53 bits per heavy atom. The maximum absolute atomic E-state index is 12.2. The standard InChI is InChI=1S/C12H8Br2O2S/c1-16-11-3-2-7(4-9(11)13)12(15)8-5-17-6-10(8)14/h2-6H,1H3. The maximum Gasteiger partial charge on any atom is 0.195 e. The molecule has 0 fully saturated rings. The Hall–Kier alpha value is -0.650. The lowest BCUT2D eigenvalue weighted by atomic mass is 10.1. The van der Waals surface area contributed by atoms with Crippen LogP contribution in [0, 0.1) is 0 Å². The number of thiophene rings is 1. The highest BCUT2D eigenvalue weighted by Gasteiger charge is 2.14. The number of hydrogen-bond acceptors (Lipinski definition) is 3. The van der Waals surface area contributed by atoms with Crippen LogP contribution < -0.4 is 4.74 Å². The molecule has 0 N–H and O–H groups in total. The zero-order valence-corrected chi connectivity index (χ0v) is 12.9. The first-order chi connectivity index (χ1) is 8.13. The van der Waals surface area contributed by atoms with E-state index in [1.807, 2.05) is 10.8 Å². The van der Waals surface area contributed by atoms with E-state index >= 15 is 0 Å². The minimum atomic E-state index is 0.00137. The first-order valence-electron chi connectivity index (χ1n) is 4.73. The fourth-order valence-electron chi connectivity index (χ4n) is 1.41. The maximum atomic E-state index is 12.2. The molecule has 0 unspecified atom stereocenters. The third-order valence-electron chi connectivity index (χ3n) is 2.27. The van der Waals surface area contributed by atoms with Crippen molar-refractivity contribution >= 4 is 49.0 Å². The number of ether oxygens (including phenoxy) is 1. The van der Waals surface area contributed by atoms with Crippen molar-refractivity contribution in [2.75, 3.05) is 7.11 Å². The Balaban J connectivity index is 2.39. The molecular weight excluding hydrogens is 368 g/mol. The van der Waals surface area contributed by atoms with Crippen LogP contribution in [0.3, 0.4) is 0 Å². The quantitative estimate of drug-likeness (QED) is 0.737. The fraction of sp³-hybridized carbons (Fsp3) is 0.0833. The molecular formula is C12H8Br2O2S. The largest absolute Gasteiger partial charge is 0.496 e. The molecule has 1 aromatic carbocycles. The van der Waals surface area contributed by atoms with Gasteiger partial charge in [0.2, 0.25) is 0 Å². The van der Waals surface area contributed by atoms with Gasteiger partial charge >= 0.3 is 0 Å². The Morgan fingerprint density at radius 2 is 2.00 bits per heavy atom. The molecule has 0 saturated heterocycles. The smallest absolute Gasteiger partial charge is 0.195 e. The van der Waals surface area contributed by atoms with E-state index in [1.54, 1.807) is 25.3 Å². The number of hydrogen-bond donors (Lipinski definition) is 0. The van der Waals surface area contributed by atoms with Crippen LogP contribution in [0.5, 0.6) is 5.75 Å². The van der Waals surface area contributed by atoms with Gasteiger partial charge in [0.1, 0.15) is 5.75 Å². The van der Waals surface area contributed by atoms with Gasteiger partial charge in [0.25, 0.3) is 0 Å². The second kappa shape index (κ2) is 5.33. The van der Waals surface area contributed by atoms with Crippen molar-refractivity contribution in [3.63, 3.8) is 0 Å². The summed E-state index contributed by atoms with van der Waals surface area (Å²) < 4.78 is 6.74. The summed E-state index contributed by atoms with van der Waals surface area (Å²) in [6, 6.07) is 5.30. The van der Waals surface area contributed by atoms with E-state index in [1.165, 1.54) is 11.3 Å². The zero-order chi connectivity index (χ0) is 12.4. The summed E-state index contributed by atoms with van der Waals surface area (Å²) in [6.07, 6.45) is 0. The average Bonchev–Trinajstić information content (AvgIpc) is 2.74. The van der Waals surface area contributed by atoms with E-state index in [2.05, 4.69) is 31.9 Å². The van der Waals surface area contributed by atoms with Crippen LogP contribution in [0.4, 0.5) is 0 Å². The van der Waals surface area contributed by atoms with Crippen molar-refractivity contribution in [3.05, 3.63) is 49.0 Å². The highest BCUT2D eigenvalue weighted by atomic mass is 79.9. The summed E-state index contributed by atoms with van der Waals surface area (Å²) in [6.45, 7) is 0. The molecule has 5 heteroatoms. The van der Waals surface area contributed by atoms with E-state index in [0.29, 0.717) is 16.9 Å². The minimum absolute atomic E-state index is 0.00137.